The molecule has 1 aliphatic rings. The van der Waals surface area contributed by atoms with Gasteiger partial charge in [-0.25, -0.2) is 0 Å². The molecule has 0 radical (unpaired) electrons. The van der Waals surface area contributed by atoms with Gasteiger partial charge in [0.05, 0.1) is 0 Å². The van der Waals surface area contributed by atoms with Crippen molar-refractivity contribution in [2.45, 2.75) is 33.1 Å². The number of carboxylic acid groups (broad SMARTS) is 1. The maximum absolute atomic E-state index is 8.36. The lowest BCUT2D eigenvalue weighted by molar-refractivity contribution is -0.122. The van der Waals surface area contributed by atoms with Crippen LogP contribution in [0.3, 0.4) is 0 Å². The third-order valence-electron chi connectivity index (χ3n) is 2.33. The van der Waals surface area contributed by atoms with E-state index in [1.165, 1.54) is 24.8 Å². The predicted octanol–water partition coefficient (Wildman–Crippen LogP) is 3.01. The highest BCUT2D eigenvalue weighted by molar-refractivity contribution is 5.32. The molecule has 0 saturated carbocycles. The Labute approximate surface area is 80.0 Å². The van der Waals surface area contributed by atoms with Gasteiger partial charge in [-0.15, -0.1) is 0 Å². The molecule has 1 atom stereocenters. The summed E-state index contributed by atoms with van der Waals surface area (Å²) in [5.74, 6) is 0.767. The van der Waals surface area contributed by atoms with Crippen LogP contribution in [-0.2, 0) is 4.79 Å². The van der Waals surface area contributed by atoms with Crippen LogP contribution in [0.1, 0.15) is 33.1 Å². The molecule has 0 saturated heterocycles. The van der Waals surface area contributed by atoms with Gasteiger partial charge in [0.2, 0.25) is 0 Å². The van der Waals surface area contributed by atoms with E-state index in [9.17, 15) is 0 Å². The van der Waals surface area contributed by atoms with Crippen LogP contribution in [0.5, 0.6) is 0 Å². The number of allylic oxidation sites excluding steroid dienone is 3. The summed E-state index contributed by atoms with van der Waals surface area (Å²) < 4.78 is 0. The molecular weight excluding hydrogens is 164 g/mol. The van der Waals surface area contributed by atoms with Crippen LogP contribution in [0, 0.1) is 5.92 Å². The number of rotatable bonds is 1. The molecule has 0 aromatic rings. The van der Waals surface area contributed by atoms with Crippen molar-refractivity contribution in [3.05, 3.63) is 23.8 Å². The van der Waals surface area contributed by atoms with Gasteiger partial charge in [-0.3, -0.25) is 4.79 Å². The monoisotopic (exact) mass is 182 g/mol. The number of hydrogen-bond acceptors (Lipinski definition) is 1. The van der Waals surface area contributed by atoms with Gasteiger partial charge >= 0.3 is 0 Å². The van der Waals surface area contributed by atoms with E-state index >= 15 is 0 Å². The van der Waals surface area contributed by atoms with E-state index < -0.39 is 0 Å². The molecule has 1 N–H and O–H groups in total. The summed E-state index contributed by atoms with van der Waals surface area (Å²) in [6, 6.07) is 0. The zero-order chi connectivity index (χ0) is 10.3. The topological polar surface area (TPSA) is 37.3 Å². The maximum atomic E-state index is 8.36. The first-order valence-electron chi connectivity index (χ1n) is 4.50. The summed E-state index contributed by atoms with van der Waals surface area (Å²) in [6.07, 6.45) is 6.17. The normalized spacial score (nSPS) is 20.8. The van der Waals surface area contributed by atoms with Crippen molar-refractivity contribution in [2.75, 3.05) is 0 Å². The van der Waals surface area contributed by atoms with Crippen LogP contribution in [0.25, 0.3) is 0 Å². The van der Waals surface area contributed by atoms with Crippen molar-refractivity contribution >= 4 is 6.47 Å². The molecule has 1 aliphatic carbocycles. The fraction of sp³-hybridized carbons (Fsp3) is 0.545. The number of hydrogen-bond donors (Lipinski definition) is 1. The molecule has 0 aromatic heterocycles. The Hall–Kier alpha value is -1.05. The second-order valence-corrected chi connectivity index (χ2v) is 3.47. The summed E-state index contributed by atoms with van der Waals surface area (Å²) in [4.78, 5) is 8.36. The molecule has 0 spiro atoms. The fourth-order valence-electron chi connectivity index (χ4n) is 1.41. The summed E-state index contributed by atoms with van der Waals surface area (Å²) in [7, 11) is 0. The van der Waals surface area contributed by atoms with Gasteiger partial charge in [-0.2, -0.15) is 0 Å². The van der Waals surface area contributed by atoms with E-state index in [1.54, 1.807) is 5.57 Å². The van der Waals surface area contributed by atoms with E-state index in [0.29, 0.717) is 0 Å². The lowest BCUT2D eigenvalue weighted by atomic mass is 9.86. The Bertz CT molecular complexity index is 204. The lowest BCUT2D eigenvalue weighted by Crippen LogP contribution is -2.04. The lowest BCUT2D eigenvalue weighted by Gasteiger charge is -2.19. The molecule has 0 heterocycles. The highest BCUT2D eigenvalue weighted by Crippen LogP contribution is 2.27. The van der Waals surface area contributed by atoms with Crippen molar-refractivity contribution in [1.82, 2.24) is 0 Å². The van der Waals surface area contributed by atoms with E-state index in [2.05, 4.69) is 26.5 Å². The molecule has 0 aliphatic heterocycles. The Morgan fingerprint density at radius 3 is 2.62 bits per heavy atom. The second kappa shape index (κ2) is 6.46. The fourth-order valence-corrected chi connectivity index (χ4v) is 1.41. The molecule has 2 heteroatoms. The molecule has 0 bridgehead atoms. The first-order chi connectivity index (χ1) is 6.11. The van der Waals surface area contributed by atoms with Crippen molar-refractivity contribution in [1.29, 1.82) is 0 Å². The van der Waals surface area contributed by atoms with Gasteiger partial charge in [-0.05, 0) is 39.0 Å². The standard InChI is InChI=1S/C10H16.CH2O2/c1-8(2)10-6-4-9(3)5-7-10;2-1-3/h4,10H,1,5-7H2,2-3H3;1H,(H,2,3)/t10-;/m0./s1. The Morgan fingerprint density at radius 1 is 1.77 bits per heavy atom. The molecule has 0 amide bonds. The van der Waals surface area contributed by atoms with Gasteiger partial charge in [0.25, 0.3) is 6.47 Å². The van der Waals surface area contributed by atoms with Crippen LogP contribution in [0.15, 0.2) is 23.8 Å². The number of carbonyl (C=O) groups is 1. The van der Waals surface area contributed by atoms with Gasteiger partial charge in [0.15, 0.2) is 0 Å². The third kappa shape index (κ3) is 5.23. The Kier molecular flexibility index (Phi) is 5.94. The molecule has 1 rings (SSSR count). The molecule has 2 nitrogen and oxygen atoms in total. The minimum absolute atomic E-state index is 0.250. The summed E-state index contributed by atoms with van der Waals surface area (Å²) in [5.41, 5.74) is 2.90. The zero-order valence-electron chi connectivity index (χ0n) is 8.42. The van der Waals surface area contributed by atoms with E-state index in [1.807, 2.05) is 0 Å². The van der Waals surface area contributed by atoms with Crippen LogP contribution >= 0.6 is 0 Å². The average molecular weight is 182 g/mol. The summed E-state index contributed by atoms with van der Waals surface area (Å²) in [6.45, 7) is 8.08. The van der Waals surface area contributed by atoms with Gasteiger partial charge in [-0.1, -0.05) is 23.8 Å². The van der Waals surface area contributed by atoms with Crippen molar-refractivity contribution in [2.24, 2.45) is 5.92 Å². The molecular formula is C11H18O2. The first-order valence-corrected chi connectivity index (χ1v) is 4.50. The average Bonchev–Trinajstić information content (AvgIpc) is 2.06. The SMILES string of the molecule is C=C(C)[C@H]1CC=C(C)CC1.O=CO. The third-order valence-corrected chi connectivity index (χ3v) is 2.33. The molecule has 0 fully saturated rings. The summed E-state index contributed by atoms with van der Waals surface area (Å²) >= 11 is 0. The van der Waals surface area contributed by atoms with Crippen LogP contribution in [0.4, 0.5) is 0 Å². The van der Waals surface area contributed by atoms with Gasteiger partial charge in [0.1, 0.15) is 0 Å². The first kappa shape index (κ1) is 11.9. The van der Waals surface area contributed by atoms with Crippen LogP contribution in [0.2, 0.25) is 0 Å². The minimum atomic E-state index is -0.250. The molecule has 13 heavy (non-hydrogen) atoms. The Morgan fingerprint density at radius 2 is 2.31 bits per heavy atom. The maximum Gasteiger partial charge on any atom is 0.290 e. The smallest absolute Gasteiger partial charge is 0.290 e. The van der Waals surface area contributed by atoms with Crippen LogP contribution < -0.4 is 0 Å². The summed E-state index contributed by atoms with van der Waals surface area (Å²) in [5, 5.41) is 6.89. The highest BCUT2D eigenvalue weighted by atomic mass is 16.3. The van der Waals surface area contributed by atoms with Gasteiger partial charge in [0, 0.05) is 0 Å². The van der Waals surface area contributed by atoms with E-state index in [4.69, 9.17) is 9.90 Å². The molecule has 74 valence electrons. The van der Waals surface area contributed by atoms with Crippen molar-refractivity contribution in [3.8, 4) is 0 Å². The molecule has 0 aromatic carbocycles. The van der Waals surface area contributed by atoms with E-state index in [0.717, 1.165) is 5.92 Å². The second-order valence-electron chi connectivity index (χ2n) is 3.47. The van der Waals surface area contributed by atoms with Gasteiger partial charge < -0.3 is 5.11 Å². The van der Waals surface area contributed by atoms with Crippen LogP contribution in [-0.4, -0.2) is 11.6 Å². The Balaban J connectivity index is 0.000000424. The highest BCUT2D eigenvalue weighted by Gasteiger charge is 2.11. The quantitative estimate of drug-likeness (QED) is 0.500. The minimum Gasteiger partial charge on any atom is -0.483 e. The predicted molar refractivity (Wildman–Crippen MR) is 54.6 cm³/mol. The zero-order valence-corrected chi connectivity index (χ0v) is 8.42. The molecule has 0 unspecified atom stereocenters. The van der Waals surface area contributed by atoms with E-state index in [-0.39, 0.29) is 6.47 Å². The van der Waals surface area contributed by atoms with Crippen molar-refractivity contribution in [3.63, 3.8) is 0 Å². The largest absolute Gasteiger partial charge is 0.483 e. The van der Waals surface area contributed by atoms with Crippen molar-refractivity contribution < 1.29 is 9.90 Å².